The third-order valence-electron chi connectivity index (χ3n) is 5.98. The Morgan fingerprint density at radius 3 is 2.19 bits per heavy atom. The van der Waals surface area contributed by atoms with E-state index in [-0.39, 0.29) is 17.9 Å². The third-order valence-corrected chi connectivity index (χ3v) is 5.98. The molecule has 4 rings (SSSR count). The van der Waals surface area contributed by atoms with E-state index in [0.29, 0.717) is 41.6 Å². The second-order valence-electron chi connectivity index (χ2n) is 8.21. The Labute approximate surface area is 210 Å². The number of carbonyl (C=O) groups is 2. The predicted molar refractivity (Wildman–Crippen MR) is 136 cm³/mol. The summed E-state index contributed by atoms with van der Waals surface area (Å²) in [5, 5.41) is 11.3. The van der Waals surface area contributed by atoms with E-state index in [1.807, 2.05) is 44.2 Å². The van der Waals surface area contributed by atoms with Gasteiger partial charge in [-0.3, -0.25) is 9.59 Å². The molecule has 7 heteroatoms. The topological polar surface area (TPSA) is 85.3 Å². The fourth-order valence-electron chi connectivity index (χ4n) is 4.31. The van der Waals surface area contributed by atoms with E-state index in [1.54, 1.807) is 49.6 Å². The van der Waals surface area contributed by atoms with Crippen molar-refractivity contribution in [1.29, 1.82) is 0 Å². The van der Waals surface area contributed by atoms with Gasteiger partial charge in [-0.2, -0.15) is 0 Å². The Bertz CT molecular complexity index is 1270. The molecule has 1 saturated heterocycles. The second kappa shape index (κ2) is 11.0. The molecule has 0 spiro atoms. The molecule has 7 nitrogen and oxygen atoms in total. The van der Waals surface area contributed by atoms with Crippen molar-refractivity contribution in [2.24, 2.45) is 0 Å². The number of hydrogen-bond donors (Lipinski definition) is 1. The van der Waals surface area contributed by atoms with Crippen molar-refractivity contribution in [2.75, 3.05) is 20.3 Å². The molecule has 1 heterocycles. The lowest BCUT2D eigenvalue weighted by molar-refractivity contribution is -0.140. The molecule has 1 aliphatic heterocycles. The maximum Gasteiger partial charge on any atom is 0.295 e. The highest BCUT2D eigenvalue weighted by Crippen LogP contribution is 2.42. The molecular formula is C29H29NO6. The number of carbonyl (C=O) groups excluding carboxylic acids is 2. The van der Waals surface area contributed by atoms with Crippen LogP contribution in [0.3, 0.4) is 0 Å². The predicted octanol–water partition coefficient (Wildman–Crippen LogP) is 5.11. The average molecular weight is 488 g/mol. The summed E-state index contributed by atoms with van der Waals surface area (Å²) in [6, 6.07) is 20.6. The molecule has 0 radical (unpaired) electrons. The van der Waals surface area contributed by atoms with Crippen molar-refractivity contribution >= 4 is 17.4 Å². The van der Waals surface area contributed by atoms with Gasteiger partial charge in [0.05, 0.1) is 31.9 Å². The summed E-state index contributed by atoms with van der Waals surface area (Å²) in [7, 11) is 1.55. The molecule has 0 saturated carbocycles. The molecule has 1 unspecified atom stereocenters. The Morgan fingerprint density at radius 1 is 0.889 bits per heavy atom. The van der Waals surface area contributed by atoms with Gasteiger partial charge in [-0.05, 0) is 61.4 Å². The number of methoxy groups -OCH3 is 1. The highest BCUT2D eigenvalue weighted by Gasteiger charge is 2.46. The maximum absolute atomic E-state index is 13.3. The molecule has 1 aliphatic rings. The lowest BCUT2D eigenvalue weighted by atomic mass is 9.94. The van der Waals surface area contributed by atoms with Gasteiger partial charge in [-0.15, -0.1) is 0 Å². The standard InChI is InChI=1S/C29H29NO6/c1-4-35-23-16-13-21(17-24(23)36-5-2)26-25(27(31)20-11-14-22(34-3)15-12-20)28(32)29(33)30(26)18-19-9-7-6-8-10-19/h6-17,26,31H,4-5,18H2,1-3H3. The SMILES string of the molecule is CCOc1ccc(C2C(=C(O)c3ccc(OC)cc3)C(=O)C(=O)N2Cc2ccccc2)cc1OCC. The molecular weight excluding hydrogens is 458 g/mol. The largest absolute Gasteiger partial charge is 0.507 e. The van der Waals surface area contributed by atoms with Crippen LogP contribution in [0.2, 0.25) is 0 Å². The van der Waals surface area contributed by atoms with Gasteiger partial charge in [0.15, 0.2) is 11.5 Å². The minimum Gasteiger partial charge on any atom is -0.507 e. The minimum atomic E-state index is -0.817. The number of ketones is 1. The molecule has 1 N–H and O–H groups in total. The zero-order valence-electron chi connectivity index (χ0n) is 20.6. The van der Waals surface area contributed by atoms with Crippen LogP contribution in [0.5, 0.6) is 17.2 Å². The molecule has 0 aromatic heterocycles. The Balaban J connectivity index is 1.87. The highest BCUT2D eigenvalue weighted by atomic mass is 16.5. The second-order valence-corrected chi connectivity index (χ2v) is 8.21. The summed E-state index contributed by atoms with van der Waals surface area (Å²) in [4.78, 5) is 28.1. The number of benzene rings is 3. The maximum atomic E-state index is 13.3. The van der Waals surface area contributed by atoms with Gasteiger partial charge in [0.25, 0.3) is 11.7 Å². The van der Waals surface area contributed by atoms with Crippen LogP contribution < -0.4 is 14.2 Å². The van der Waals surface area contributed by atoms with Crippen molar-refractivity contribution in [1.82, 2.24) is 4.90 Å². The number of hydrogen-bond acceptors (Lipinski definition) is 6. The van der Waals surface area contributed by atoms with Crippen LogP contribution in [0.4, 0.5) is 0 Å². The van der Waals surface area contributed by atoms with Crippen LogP contribution in [-0.2, 0) is 16.1 Å². The smallest absolute Gasteiger partial charge is 0.295 e. The molecule has 3 aromatic carbocycles. The fraction of sp³-hybridized carbons (Fsp3) is 0.241. The van der Waals surface area contributed by atoms with Crippen LogP contribution >= 0.6 is 0 Å². The Morgan fingerprint density at radius 2 is 1.56 bits per heavy atom. The molecule has 186 valence electrons. The van der Waals surface area contributed by atoms with Gasteiger partial charge in [-0.25, -0.2) is 0 Å². The van der Waals surface area contributed by atoms with Gasteiger partial charge < -0.3 is 24.2 Å². The summed E-state index contributed by atoms with van der Waals surface area (Å²) in [5.74, 6) is 0.0237. The third kappa shape index (κ3) is 4.91. The van der Waals surface area contributed by atoms with E-state index in [0.717, 1.165) is 5.56 Å². The number of amides is 1. The van der Waals surface area contributed by atoms with Crippen LogP contribution in [0.25, 0.3) is 5.76 Å². The fourth-order valence-corrected chi connectivity index (χ4v) is 4.31. The first-order chi connectivity index (χ1) is 17.5. The van der Waals surface area contributed by atoms with E-state index in [1.165, 1.54) is 4.90 Å². The lowest BCUT2D eigenvalue weighted by Gasteiger charge is -2.26. The average Bonchev–Trinajstić information content (AvgIpc) is 3.15. The van der Waals surface area contributed by atoms with Gasteiger partial charge in [0.2, 0.25) is 0 Å². The van der Waals surface area contributed by atoms with Crippen molar-refractivity contribution in [3.8, 4) is 17.2 Å². The molecule has 1 atom stereocenters. The lowest BCUT2D eigenvalue weighted by Crippen LogP contribution is -2.29. The quantitative estimate of drug-likeness (QED) is 0.256. The van der Waals surface area contributed by atoms with Crippen LogP contribution in [0, 0.1) is 0 Å². The molecule has 1 amide bonds. The van der Waals surface area contributed by atoms with Crippen molar-refractivity contribution in [3.63, 3.8) is 0 Å². The van der Waals surface area contributed by atoms with Crippen LogP contribution in [0.15, 0.2) is 78.4 Å². The summed E-state index contributed by atoms with van der Waals surface area (Å²) in [6.45, 7) is 4.83. The summed E-state index contributed by atoms with van der Waals surface area (Å²) < 4.78 is 16.7. The van der Waals surface area contributed by atoms with Gasteiger partial charge >= 0.3 is 0 Å². The monoisotopic (exact) mass is 487 g/mol. The zero-order valence-corrected chi connectivity index (χ0v) is 20.6. The van der Waals surface area contributed by atoms with Crippen LogP contribution in [-0.4, -0.2) is 42.0 Å². The molecule has 3 aromatic rings. The zero-order chi connectivity index (χ0) is 25.7. The van der Waals surface area contributed by atoms with E-state index in [4.69, 9.17) is 14.2 Å². The number of aliphatic hydroxyl groups excluding tert-OH is 1. The number of rotatable bonds is 9. The van der Waals surface area contributed by atoms with E-state index in [2.05, 4.69) is 0 Å². The number of likely N-dealkylation sites (tertiary alicyclic amines) is 1. The van der Waals surface area contributed by atoms with E-state index < -0.39 is 17.7 Å². The van der Waals surface area contributed by atoms with Gasteiger partial charge in [0.1, 0.15) is 11.5 Å². The molecule has 0 aliphatic carbocycles. The number of ether oxygens (including phenoxy) is 3. The summed E-state index contributed by atoms with van der Waals surface area (Å²) in [6.07, 6.45) is 0. The highest BCUT2D eigenvalue weighted by molar-refractivity contribution is 6.46. The normalized spacial score (nSPS) is 16.8. The Kier molecular flexibility index (Phi) is 7.59. The van der Waals surface area contributed by atoms with Crippen LogP contribution in [0.1, 0.15) is 36.6 Å². The molecule has 36 heavy (non-hydrogen) atoms. The first kappa shape index (κ1) is 24.9. The van der Waals surface area contributed by atoms with Crippen molar-refractivity contribution < 1.29 is 28.9 Å². The molecule has 0 bridgehead atoms. The minimum absolute atomic E-state index is 0.0210. The Hall–Kier alpha value is -4.26. The first-order valence-electron chi connectivity index (χ1n) is 11.8. The summed E-state index contributed by atoms with van der Waals surface area (Å²) in [5.41, 5.74) is 1.93. The van der Waals surface area contributed by atoms with Gasteiger partial charge in [0, 0.05) is 12.1 Å². The number of aliphatic hydroxyl groups is 1. The van der Waals surface area contributed by atoms with Gasteiger partial charge in [-0.1, -0.05) is 36.4 Å². The summed E-state index contributed by atoms with van der Waals surface area (Å²) >= 11 is 0. The van der Waals surface area contributed by atoms with Crippen molar-refractivity contribution in [2.45, 2.75) is 26.4 Å². The first-order valence-corrected chi connectivity index (χ1v) is 11.8. The van der Waals surface area contributed by atoms with E-state index in [9.17, 15) is 14.7 Å². The van der Waals surface area contributed by atoms with Crippen molar-refractivity contribution in [3.05, 3.63) is 95.1 Å². The number of Topliss-reactive ketones (excluding diaryl/α,β-unsaturated/α-hetero) is 1. The number of nitrogens with zero attached hydrogens (tertiary/aromatic N) is 1. The molecule has 1 fully saturated rings. The van der Waals surface area contributed by atoms with E-state index >= 15 is 0 Å².